The van der Waals surface area contributed by atoms with Crippen molar-refractivity contribution in [1.82, 2.24) is 5.32 Å². The maximum atomic E-state index is 12.3. The molecule has 1 rings (SSSR count). The molecule has 0 aromatic heterocycles. The molecule has 0 aliphatic rings. The SMILES string of the molecule is CCC(C)(CN)C(=O)Nc1cccc(C(=O)NC)c1C. The average Bonchev–Trinajstić information content (AvgIpc) is 2.47. The van der Waals surface area contributed by atoms with E-state index < -0.39 is 5.41 Å². The van der Waals surface area contributed by atoms with E-state index in [1.807, 2.05) is 20.8 Å². The Bertz CT molecular complexity index is 508. The zero-order chi connectivity index (χ0) is 15.3. The van der Waals surface area contributed by atoms with Gasteiger partial charge in [-0.1, -0.05) is 13.0 Å². The lowest BCUT2D eigenvalue weighted by molar-refractivity contribution is -0.124. The molecule has 2 amide bonds. The first-order chi connectivity index (χ1) is 9.39. The van der Waals surface area contributed by atoms with Crippen molar-refractivity contribution in [2.75, 3.05) is 18.9 Å². The number of hydrogen-bond acceptors (Lipinski definition) is 3. The van der Waals surface area contributed by atoms with Gasteiger partial charge in [0, 0.05) is 24.8 Å². The molecule has 0 aliphatic carbocycles. The van der Waals surface area contributed by atoms with Crippen molar-refractivity contribution >= 4 is 17.5 Å². The molecular weight excluding hydrogens is 254 g/mol. The zero-order valence-corrected chi connectivity index (χ0v) is 12.5. The van der Waals surface area contributed by atoms with E-state index in [0.29, 0.717) is 17.7 Å². The fraction of sp³-hybridized carbons (Fsp3) is 0.467. The van der Waals surface area contributed by atoms with Gasteiger partial charge in [-0.25, -0.2) is 0 Å². The molecule has 1 unspecified atom stereocenters. The predicted molar refractivity (Wildman–Crippen MR) is 80.7 cm³/mol. The minimum Gasteiger partial charge on any atom is -0.355 e. The van der Waals surface area contributed by atoms with Crippen molar-refractivity contribution in [3.05, 3.63) is 29.3 Å². The molecule has 4 N–H and O–H groups in total. The van der Waals surface area contributed by atoms with Gasteiger partial charge < -0.3 is 16.4 Å². The fourth-order valence-electron chi connectivity index (χ4n) is 1.82. The number of nitrogens with two attached hydrogens (primary N) is 1. The molecule has 1 atom stereocenters. The monoisotopic (exact) mass is 277 g/mol. The highest BCUT2D eigenvalue weighted by atomic mass is 16.2. The number of nitrogens with one attached hydrogen (secondary N) is 2. The first-order valence-electron chi connectivity index (χ1n) is 6.72. The molecule has 0 bridgehead atoms. The molecule has 1 aromatic rings. The smallest absolute Gasteiger partial charge is 0.251 e. The van der Waals surface area contributed by atoms with Crippen LogP contribution in [0.25, 0.3) is 0 Å². The number of anilines is 1. The maximum Gasteiger partial charge on any atom is 0.251 e. The second-order valence-corrected chi connectivity index (χ2v) is 5.13. The van der Waals surface area contributed by atoms with Crippen molar-refractivity contribution in [1.29, 1.82) is 0 Å². The number of carbonyl (C=O) groups excluding carboxylic acids is 2. The number of hydrogen-bond donors (Lipinski definition) is 3. The van der Waals surface area contributed by atoms with E-state index in [2.05, 4.69) is 10.6 Å². The molecule has 5 heteroatoms. The second kappa shape index (κ2) is 6.52. The van der Waals surface area contributed by atoms with Gasteiger partial charge in [-0.15, -0.1) is 0 Å². The molecule has 0 saturated heterocycles. The standard InChI is InChI=1S/C15H23N3O2/c1-5-15(3,9-16)14(20)18-12-8-6-7-11(10(12)2)13(19)17-4/h6-8H,5,9,16H2,1-4H3,(H,17,19)(H,18,20). The number of amides is 2. The van der Waals surface area contributed by atoms with Gasteiger partial charge in [0.1, 0.15) is 0 Å². The largest absolute Gasteiger partial charge is 0.355 e. The predicted octanol–water partition coefficient (Wildman–Crippen LogP) is 1.67. The van der Waals surface area contributed by atoms with Crippen LogP contribution >= 0.6 is 0 Å². The lowest BCUT2D eigenvalue weighted by Gasteiger charge is -2.25. The lowest BCUT2D eigenvalue weighted by atomic mass is 9.86. The highest BCUT2D eigenvalue weighted by Crippen LogP contribution is 2.24. The third kappa shape index (κ3) is 3.17. The Kier molecular flexibility index (Phi) is 5.27. The summed E-state index contributed by atoms with van der Waals surface area (Å²) in [6.45, 7) is 5.86. The summed E-state index contributed by atoms with van der Waals surface area (Å²) in [5.41, 5.74) is 7.02. The number of benzene rings is 1. The zero-order valence-electron chi connectivity index (χ0n) is 12.5. The third-order valence-corrected chi connectivity index (χ3v) is 3.83. The van der Waals surface area contributed by atoms with Gasteiger partial charge in [0.05, 0.1) is 5.41 Å². The fourth-order valence-corrected chi connectivity index (χ4v) is 1.82. The van der Waals surface area contributed by atoms with Crippen molar-refractivity contribution in [2.24, 2.45) is 11.1 Å². The molecule has 0 heterocycles. The lowest BCUT2D eigenvalue weighted by Crippen LogP contribution is -2.39. The molecule has 5 nitrogen and oxygen atoms in total. The molecule has 110 valence electrons. The van der Waals surface area contributed by atoms with E-state index in [9.17, 15) is 9.59 Å². The van der Waals surface area contributed by atoms with Crippen LogP contribution < -0.4 is 16.4 Å². The van der Waals surface area contributed by atoms with Crippen molar-refractivity contribution in [2.45, 2.75) is 27.2 Å². The van der Waals surface area contributed by atoms with Crippen LogP contribution in [-0.4, -0.2) is 25.4 Å². The van der Waals surface area contributed by atoms with Gasteiger partial charge in [0.2, 0.25) is 5.91 Å². The van der Waals surface area contributed by atoms with E-state index in [4.69, 9.17) is 5.73 Å². The molecule has 20 heavy (non-hydrogen) atoms. The Morgan fingerprint density at radius 3 is 2.50 bits per heavy atom. The van der Waals surface area contributed by atoms with Crippen molar-refractivity contribution < 1.29 is 9.59 Å². The van der Waals surface area contributed by atoms with Crippen LogP contribution in [0.3, 0.4) is 0 Å². The summed E-state index contributed by atoms with van der Waals surface area (Å²) in [5.74, 6) is -0.296. The Morgan fingerprint density at radius 2 is 2.00 bits per heavy atom. The third-order valence-electron chi connectivity index (χ3n) is 3.83. The molecule has 0 spiro atoms. The maximum absolute atomic E-state index is 12.3. The minimum absolute atomic E-state index is 0.125. The van der Waals surface area contributed by atoms with Crippen LogP contribution in [0.15, 0.2) is 18.2 Å². The van der Waals surface area contributed by atoms with Gasteiger partial charge >= 0.3 is 0 Å². The summed E-state index contributed by atoms with van der Waals surface area (Å²) in [6, 6.07) is 5.26. The highest BCUT2D eigenvalue weighted by molar-refractivity contribution is 6.00. The summed E-state index contributed by atoms with van der Waals surface area (Å²) in [5, 5.41) is 5.46. The number of carbonyl (C=O) groups is 2. The van der Waals surface area contributed by atoms with E-state index >= 15 is 0 Å². The summed E-state index contributed by atoms with van der Waals surface area (Å²) in [7, 11) is 1.58. The van der Waals surface area contributed by atoms with Gasteiger partial charge in [0.15, 0.2) is 0 Å². The molecule has 1 aromatic carbocycles. The van der Waals surface area contributed by atoms with Crippen LogP contribution in [-0.2, 0) is 4.79 Å². The van der Waals surface area contributed by atoms with Crippen molar-refractivity contribution in [3.63, 3.8) is 0 Å². The van der Waals surface area contributed by atoms with Gasteiger partial charge in [-0.3, -0.25) is 9.59 Å². The second-order valence-electron chi connectivity index (χ2n) is 5.13. The Labute approximate surface area is 119 Å². The first-order valence-corrected chi connectivity index (χ1v) is 6.72. The van der Waals surface area contributed by atoms with Crippen LogP contribution in [0.1, 0.15) is 36.2 Å². The Hall–Kier alpha value is -1.88. The van der Waals surface area contributed by atoms with Crippen LogP contribution in [0.2, 0.25) is 0 Å². The molecule has 0 fully saturated rings. The summed E-state index contributed by atoms with van der Waals surface area (Å²) in [6.07, 6.45) is 0.656. The normalized spacial score (nSPS) is 13.4. The van der Waals surface area contributed by atoms with E-state index in [0.717, 1.165) is 5.56 Å². The minimum atomic E-state index is -0.602. The summed E-state index contributed by atoms with van der Waals surface area (Å²) in [4.78, 5) is 24.0. The van der Waals surface area contributed by atoms with E-state index in [1.54, 1.807) is 25.2 Å². The molecule has 0 radical (unpaired) electrons. The average molecular weight is 277 g/mol. The first kappa shape index (κ1) is 16.2. The van der Waals surface area contributed by atoms with Gasteiger partial charge in [0.25, 0.3) is 5.91 Å². The van der Waals surface area contributed by atoms with E-state index in [-0.39, 0.29) is 18.4 Å². The summed E-state index contributed by atoms with van der Waals surface area (Å²) >= 11 is 0. The topological polar surface area (TPSA) is 84.2 Å². The quantitative estimate of drug-likeness (QED) is 0.765. The Morgan fingerprint density at radius 1 is 1.35 bits per heavy atom. The Balaban J connectivity index is 3.05. The van der Waals surface area contributed by atoms with Crippen molar-refractivity contribution in [3.8, 4) is 0 Å². The van der Waals surface area contributed by atoms with Crippen LogP contribution in [0.5, 0.6) is 0 Å². The highest BCUT2D eigenvalue weighted by Gasteiger charge is 2.30. The number of rotatable bonds is 5. The molecule has 0 aliphatic heterocycles. The summed E-state index contributed by atoms with van der Waals surface area (Å²) < 4.78 is 0. The van der Waals surface area contributed by atoms with Crippen LogP contribution in [0, 0.1) is 12.3 Å². The van der Waals surface area contributed by atoms with Gasteiger partial charge in [-0.05, 0) is 38.0 Å². The van der Waals surface area contributed by atoms with Crippen LogP contribution in [0.4, 0.5) is 5.69 Å². The molecule has 0 saturated carbocycles. The van der Waals surface area contributed by atoms with E-state index in [1.165, 1.54) is 0 Å². The van der Waals surface area contributed by atoms with Gasteiger partial charge in [-0.2, -0.15) is 0 Å². The molecular formula is C15H23N3O2.